The van der Waals surface area contributed by atoms with E-state index < -0.39 is 0 Å². The predicted octanol–water partition coefficient (Wildman–Crippen LogP) is 0.675. The minimum Gasteiger partial charge on any atom is -0.305 e. The van der Waals surface area contributed by atoms with Gasteiger partial charge in [0, 0.05) is 12.8 Å². The molecule has 0 amide bonds. The monoisotopic (exact) mass is 125 g/mol. The van der Waals surface area contributed by atoms with Crippen molar-refractivity contribution in [3.63, 3.8) is 0 Å². The zero-order chi connectivity index (χ0) is 6.27. The normalized spacial score (nSPS) is 18.3. The first-order valence-corrected chi connectivity index (χ1v) is 3.22. The van der Waals surface area contributed by atoms with Crippen molar-refractivity contribution in [3.05, 3.63) is 11.5 Å². The Kier molecular flexibility index (Phi) is 0.860. The molecule has 9 heavy (non-hydrogen) atoms. The summed E-state index contributed by atoms with van der Waals surface area (Å²) < 4.78 is 4.98. The molecule has 1 aromatic heterocycles. The summed E-state index contributed by atoms with van der Waals surface area (Å²) in [5.41, 5.74) is 1.08. The molecule has 0 atom stereocenters. The van der Waals surface area contributed by atoms with Gasteiger partial charge in [0.1, 0.15) is 0 Å². The van der Waals surface area contributed by atoms with Gasteiger partial charge in [0.05, 0.1) is 0 Å². The lowest BCUT2D eigenvalue weighted by Crippen LogP contribution is -2.04. The number of aromatic nitrogens is 2. The van der Waals surface area contributed by atoms with Crippen LogP contribution in [-0.4, -0.2) is 5.27 Å². The number of aromatic amines is 1. The molecule has 1 heterocycles. The summed E-state index contributed by atoms with van der Waals surface area (Å²) in [6.07, 6.45) is 2.54. The molecule has 48 valence electrons. The van der Waals surface area contributed by atoms with Gasteiger partial charge in [-0.2, -0.15) is 0 Å². The van der Waals surface area contributed by atoms with Crippen LogP contribution in [0.3, 0.4) is 0 Å². The Morgan fingerprint density at radius 1 is 1.67 bits per heavy atom. The summed E-state index contributed by atoms with van der Waals surface area (Å²) in [7, 11) is 0. The van der Waals surface area contributed by atoms with Crippen molar-refractivity contribution in [2.75, 3.05) is 0 Å². The van der Waals surface area contributed by atoms with Crippen LogP contribution in [-0.2, 0) is 0 Å². The van der Waals surface area contributed by atoms with Crippen molar-refractivity contribution in [3.8, 4) is 0 Å². The van der Waals surface area contributed by atoms with Crippen molar-refractivity contribution in [1.82, 2.24) is 5.27 Å². The molecular formula is C6H9N2O+. The maximum Gasteiger partial charge on any atom is 0.247 e. The highest BCUT2D eigenvalue weighted by atomic mass is 16.5. The molecule has 2 rings (SSSR count). The standard InChI is InChI=1S/C6H8N2O/c1-4-6(5-2-3-5)9-8-7-4/h5H,2-3H2,1H3/p+1. The van der Waals surface area contributed by atoms with E-state index in [1.807, 2.05) is 6.92 Å². The van der Waals surface area contributed by atoms with Gasteiger partial charge in [0.15, 0.2) is 5.27 Å². The second-order valence-corrected chi connectivity index (χ2v) is 2.56. The van der Waals surface area contributed by atoms with Crippen LogP contribution < -0.4 is 5.10 Å². The summed E-state index contributed by atoms with van der Waals surface area (Å²) >= 11 is 0. The van der Waals surface area contributed by atoms with Crippen LogP contribution in [0.25, 0.3) is 0 Å². The van der Waals surface area contributed by atoms with Gasteiger partial charge in [-0.15, -0.1) is 0 Å². The minimum absolute atomic E-state index is 0.670. The fourth-order valence-electron chi connectivity index (χ4n) is 0.990. The fraction of sp³-hybridized carbons (Fsp3) is 0.667. The summed E-state index contributed by atoms with van der Waals surface area (Å²) in [4.78, 5) is 0. The summed E-state index contributed by atoms with van der Waals surface area (Å²) in [5.74, 6) is 1.72. The van der Waals surface area contributed by atoms with E-state index in [0.717, 1.165) is 11.5 Å². The Bertz CT molecular complexity index is 215. The molecule has 0 saturated heterocycles. The molecule has 0 aliphatic heterocycles. The van der Waals surface area contributed by atoms with E-state index >= 15 is 0 Å². The highest BCUT2D eigenvalue weighted by Gasteiger charge is 2.32. The molecule has 0 unspecified atom stereocenters. The van der Waals surface area contributed by atoms with E-state index in [0.29, 0.717) is 5.92 Å². The lowest BCUT2D eigenvalue weighted by molar-refractivity contribution is -0.478. The summed E-state index contributed by atoms with van der Waals surface area (Å²) in [6.45, 7) is 1.99. The minimum atomic E-state index is 0.670. The van der Waals surface area contributed by atoms with Gasteiger partial charge in [0.2, 0.25) is 11.5 Å². The SMILES string of the molecule is Cc1[nH+]noc1C1CC1. The topological polar surface area (TPSA) is 40.2 Å². The average Bonchev–Trinajstić information content (AvgIpc) is 2.58. The second kappa shape index (κ2) is 1.56. The quantitative estimate of drug-likeness (QED) is 0.553. The number of rotatable bonds is 1. The molecule has 0 spiro atoms. The number of hydrogen-bond donors (Lipinski definition) is 0. The highest BCUT2D eigenvalue weighted by Crippen LogP contribution is 2.40. The Balaban J connectivity index is 2.35. The number of nitrogens with zero attached hydrogens (tertiary/aromatic N) is 1. The van der Waals surface area contributed by atoms with E-state index in [1.54, 1.807) is 0 Å². The maximum absolute atomic E-state index is 4.98. The zero-order valence-corrected chi connectivity index (χ0v) is 5.35. The summed E-state index contributed by atoms with van der Waals surface area (Å²) in [6, 6.07) is 0. The lowest BCUT2D eigenvalue weighted by Gasteiger charge is -1.79. The molecule has 3 nitrogen and oxygen atoms in total. The number of H-pyrrole nitrogens is 1. The van der Waals surface area contributed by atoms with Crippen LogP contribution in [0.15, 0.2) is 4.52 Å². The lowest BCUT2D eigenvalue weighted by atomic mass is 10.3. The van der Waals surface area contributed by atoms with Crippen LogP contribution in [0.5, 0.6) is 0 Å². The van der Waals surface area contributed by atoms with Gasteiger partial charge in [-0.05, 0) is 12.8 Å². The molecule has 1 saturated carbocycles. The molecule has 1 aliphatic rings. The van der Waals surface area contributed by atoms with E-state index in [9.17, 15) is 0 Å². The Morgan fingerprint density at radius 3 is 2.89 bits per heavy atom. The Morgan fingerprint density at radius 2 is 2.44 bits per heavy atom. The van der Waals surface area contributed by atoms with Gasteiger partial charge in [-0.3, -0.25) is 0 Å². The van der Waals surface area contributed by atoms with Crippen LogP contribution in [0.4, 0.5) is 0 Å². The third kappa shape index (κ3) is 0.724. The van der Waals surface area contributed by atoms with Crippen LogP contribution in [0.2, 0.25) is 0 Å². The van der Waals surface area contributed by atoms with Crippen molar-refractivity contribution >= 4 is 0 Å². The Labute approximate surface area is 53.0 Å². The van der Waals surface area contributed by atoms with E-state index in [-0.39, 0.29) is 0 Å². The number of aryl methyl sites for hydroxylation is 1. The van der Waals surface area contributed by atoms with Gasteiger partial charge in [-0.1, -0.05) is 5.10 Å². The summed E-state index contributed by atoms with van der Waals surface area (Å²) in [5, 5.41) is 6.36. The molecule has 3 heteroatoms. The first-order chi connectivity index (χ1) is 4.38. The van der Waals surface area contributed by atoms with Gasteiger partial charge >= 0.3 is 0 Å². The third-order valence-corrected chi connectivity index (χ3v) is 1.68. The van der Waals surface area contributed by atoms with E-state index in [2.05, 4.69) is 10.4 Å². The predicted molar refractivity (Wildman–Crippen MR) is 29.8 cm³/mol. The molecule has 1 N–H and O–H groups in total. The van der Waals surface area contributed by atoms with Crippen molar-refractivity contribution < 1.29 is 9.62 Å². The molecule has 0 radical (unpaired) electrons. The molecule has 0 bridgehead atoms. The Hall–Kier alpha value is -0.860. The highest BCUT2D eigenvalue weighted by molar-refractivity contribution is 5.11. The van der Waals surface area contributed by atoms with E-state index in [1.165, 1.54) is 12.8 Å². The fourth-order valence-corrected chi connectivity index (χ4v) is 0.990. The van der Waals surface area contributed by atoms with Crippen LogP contribution in [0.1, 0.15) is 30.2 Å². The molecule has 1 aromatic rings. The number of hydrogen-bond acceptors (Lipinski definition) is 2. The zero-order valence-electron chi connectivity index (χ0n) is 5.35. The van der Waals surface area contributed by atoms with Gasteiger partial charge in [-0.25, -0.2) is 0 Å². The van der Waals surface area contributed by atoms with Gasteiger partial charge < -0.3 is 4.52 Å². The van der Waals surface area contributed by atoms with Crippen molar-refractivity contribution in [2.45, 2.75) is 25.7 Å². The third-order valence-electron chi connectivity index (χ3n) is 1.68. The van der Waals surface area contributed by atoms with Crippen molar-refractivity contribution in [1.29, 1.82) is 0 Å². The van der Waals surface area contributed by atoms with Crippen LogP contribution >= 0.6 is 0 Å². The molecule has 1 aliphatic carbocycles. The van der Waals surface area contributed by atoms with Crippen molar-refractivity contribution in [2.24, 2.45) is 0 Å². The first-order valence-electron chi connectivity index (χ1n) is 3.22. The number of nitrogens with one attached hydrogen (secondary N) is 1. The van der Waals surface area contributed by atoms with E-state index in [4.69, 9.17) is 4.52 Å². The van der Waals surface area contributed by atoms with Gasteiger partial charge in [0.25, 0.3) is 0 Å². The molecule has 0 aromatic carbocycles. The molecular weight excluding hydrogens is 116 g/mol. The largest absolute Gasteiger partial charge is 0.305 e. The second-order valence-electron chi connectivity index (χ2n) is 2.56. The molecule has 1 fully saturated rings. The smallest absolute Gasteiger partial charge is 0.247 e. The van der Waals surface area contributed by atoms with Crippen LogP contribution in [0, 0.1) is 6.92 Å². The average molecular weight is 125 g/mol. The first kappa shape index (κ1) is 4.97. The maximum atomic E-state index is 4.98.